The van der Waals surface area contributed by atoms with Gasteiger partial charge in [0.25, 0.3) is 5.13 Å². The van der Waals surface area contributed by atoms with Crippen LogP contribution >= 0.6 is 19.3 Å². The van der Waals surface area contributed by atoms with Gasteiger partial charge in [-0.3, -0.25) is 13.9 Å². The molecule has 198 valence electrons. The van der Waals surface area contributed by atoms with Crippen molar-refractivity contribution in [1.82, 2.24) is 14.6 Å². The minimum absolute atomic E-state index is 0.108. The summed E-state index contributed by atoms with van der Waals surface area (Å²) in [6.45, 7) is 3.98. The molecule has 6 atom stereocenters. The Morgan fingerprint density at radius 2 is 2.03 bits per heavy atom. The molecule has 0 spiro atoms. The summed E-state index contributed by atoms with van der Waals surface area (Å²) in [4.78, 5) is 27.9. The van der Waals surface area contributed by atoms with Crippen molar-refractivity contribution in [2.45, 2.75) is 56.5 Å². The highest BCUT2D eigenvalue weighted by molar-refractivity contribution is 7.52. The van der Waals surface area contributed by atoms with Gasteiger partial charge in [0.1, 0.15) is 29.8 Å². The molecule has 0 bridgehead atoms. The van der Waals surface area contributed by atoms with Crippen LogP contribution in [-0.2, 0) is 23.4 Å². The maximum absolute atomic E-state index is 15.2. The van der Waals surface area contributed by atoms with Gasteiger partial charge in [-0.1, -0.05) is 29.8 Å². The number of alkyl halides is 2. The molecular weight excluding hydrogens is 522 g/mol. The van der Waals surface area contributed by atoms with E-state index in [2.05, 4.69) is 10.1 Å². The highest BCUT2D eigenvalue weighted by Gasteiger charge is 2.58. The molecule has 0 aliphatic carbocycles. The van der Waals surface area contributed by atoms with Gasteiger partial charge in [0.2, 0.25) is 0 Å². The van der Waals surface area contributed by atoms with E-state index >= 15 is 4.39 Å². The lowest BCUT2D eigenvalue weighted by Gasteiger charge is -2.25. The molecule has 1 aliphatic heterocycles. The van der Waals surface area contributed by atoms with Crippen LogP contribution in [-0.4, -0.2) is 56.7 Å². The van der Waals surface area contributed by atoms with Crippen LogP contribution in [0, 0.1) is 0 Å². The van der Waals surface area contributed by atoms with E-state index in [1.807, 2.05) is 0 Å². The summed E-state index contributed by atoms with van der Waals surface area (Å²) in [5.41, 5.74) is 4.48. The number of nitrogen functional groups attached to an aromatic ring is 1. The Bertz CT molecular complexity index is 1170. The van der Waals surface area contributed by atoms with Gasteiger partial charge in [-0.25, -0.2) is 13.8 Å². The second-order valence-electron chi connectivity index (χ2n) is 8.22. The number of ether oxygens (including phenoxy) is 2. The number of nitrogens with one attached hydrogen (secondary N) is 1. The van der Waals surface area contributed by atoms with Crippen LogP contribution < -0.4 is 21.0 Å². The quantitative estimate of drug-likeness (QED) is 0.226. The monoisotopic (exact) mass is 548 g/mol. The molecule has 4 N–H and O–H groups in total. The Morgan fingerprint density at radius 1 is 1.36 bits per heavy atom. The third-order valence-corrected chi connectivity index (χ3v) is 6.97. The highest BCUT2D eigenvalue weighted by Crippen LogP contribution is 2.48. The summed E-state index contributed by atoms with van der Waals surface area (Å²) in [6, 6.07) is 8.03. The van der Waals surface area contributed by atoms with Crippen LogP contribution in [0.4, 0.5) is 10.2 Å². The number of aromatic nitrogens is 2. The van der Waals surface area contributed by atoms with Crippen molar-refractivity contribution < 1.29 is 37.4 Å². The number of carbonyl (C=O) groups is 1. The lowest BCUT2D eigenvalue weighted by molar-refractivity contribution is -0.149. The van der Waals surface area contributed by atoms with Crippen molar-refractivity contribution in [2.24, 2.45) is 0 Å². The summed E-state index contributed by atoms with van der Waals surface area (Å²) in [6.07, 6.45) is -4.62. The summed E-state index contributed by atoms with van der Waals surface area (Å²) in [5, 5.41) is 9.94. The third kappa shape index (κ3) is 6.61. The summed E-state index contributed by atoms with van der Waals surface area (Å²) < 4.78 is 51.0. The van der Waals surface area contributed by atoms with Gasteiger partial charge in [-0.2, -0.15) is 10.1 Å². The van der Waals surface area contributed by atoms with Crippen molar-refractivity contribution in [3.8, 4) is 5.75 Å². The van der Waals surface area contributed by atoms with Gasteiger partial charge in [-0.15, -0.1) is 0 Å². The van der Waals surface area contributed by atoms with Gasteiger partial charge >= 0.3 is 19.4 Å². The Hall–Kier alpha value is -2.54. The average molecular weight is 549 g/mol. The Labute approximate surface area is 211 Å². The molecule has 0 unspecified atom stereocenters. The van der Waals surface area contributed by atoms with Crippen LogP contribution in [0.3, 0.4) is 0 Å². The molecule has 1 aliphatic rings. The fraction of sp³-hybridized carbons (Fsp3) is 0.476. The highest BCUT2D eigenvalue weighted by atomic mass is 35.5. The zero-order valence-electron chi connectivity index (χ0n) is 19.6. The second kappa shape index (κ2) is 11.2. The predicted octanol–water partition coefficient (Wildman–Crippen LogP) is 2.12. The summed E-state index contributed by atoms with van der Waals surface area (Å²) in [5.74, 6) is -0.689. The van der Waals surface area contributed by atoms with Crippen molar-refractivity contribution in [3.63, 3.8) is 0 Å². The van der Waals surface area contributed by atoms with Gasteiger partial charge in [0, 0.05) is 6.20 Å². The standard InChI is InChI=1S/C21H27ClFN4O8P/c1-12(2)33-18(29)13(3)26-36(31,35-14-7-5-4-6-8-14)32-11-15-17(28)21(22,23)19(34-15)27-10-9-16(24)25-20(27)30/h4-10,12-13,15,17,19,28H,11H2,1-3H3,(H,26,31)(H2,24,25,30)/t13-,15+,17+,19+,21+,36+/m0/s1. The zero-order chi connectivity index (χ0) is 26.7. The molecule has 0 radical (unpaired) electrons. The first-order valence-electron chi connectivity index (χ1n) is 10.9. The number of hydrogen-bond donors (Lipinski definition) is 3. The van der Waals surface area contributed by atoms with Crippen LogP contribution in [0.15, 0.2) is 47.4 Å². The second-order valence-corrected chi connectivity index (χ2v) is 10.5. The Balaban J connectivity index is 1.79. The molecule has 36 heavy (non-hydrogen) atoms. The van der Waals surface area contributed by atoms with Gasteiger partial charge in [0.05, 0.1) is 12.7 Å². The molecule has 2 aromatic rings. The van der Waals surface area contributed by atoms with E-state index in [1.165, 1.54) is 25.1 Å². The number of aliphatic hydroxyl groups excluding tert-OH is 1. The lowest BCUT2D eigenvalue weighted by atomic mass is 10.1. The molecule has 0 saturated carbocycles. The molecule has 1 fully saturated rings. The van der Waals surface area contributed by atoms with Crippen LogP contribution in [0.25, 0.3) is 0 Å². The average Bonchev–Trinajstić information content (AvgIpc) is 3.01. The number of halogens is 2. The number of benzene rings is 1. The van der Waals surface area contributed by atoms with E-state index in [1.54, 1.807) is 32.0 Å². The molecule has 0 amide bonds. The van der Waals surface area contributed by atoms with Crippen molar-refractivity contribution >= 4 is 31.1 Å². The third-order valence-electron chi connectivity index (χ3n) is 4.92. The molecule has 12 nitrogen and oxygen atoms in total. The fourth-order valence-electron chi connectivity index (χ4n) is 3.22. The minimum Gasteiger partial charge on any atom is -0.462 e. The van der Waals surface area contributed by atoms with E-state index in [0.29, 0.717) is 0 Å². The number of rotatable bonds is 10. The maximum atomic E-state index is 15.2. The van der Waals surface area contributed by atoms with Gasteiger partial charge in [-0.05, 0) is 39.0 Å². The molecule has 15 heteroatoms. The number of carbonyl (C=O) groups excluding carboxylic acids is 1. The van der Waals surface area contributed by atoms with Crippen molar-refractivity contribution in [2.75, 3.05) is 12.3 Å². The first-order valence-corrected chi connectivity index (χ1v) is 12.8. The van der Waals surface area contributed by atoms with Crippen LogP contribution in [0.5, 0.6) is 5.75 Å². The van der Waals surface area contributed by atoms with Crippen molar-refractivity contribution in [3.05, 3.63) is 53.1 Å². The van der Waals surface area contributed by atoms with Gasteiger partial charge < -0.3 is 24.8 Å². The topological polar surface area (TPSA) is 164 Å². The number of para-hydroxylation sites is 1. The largest absolute Gasteiger partial charge is 0.462 e. The number of nitrogens with zero attached hydrogens (tertiary/aromatic N) is 2. The van der Waals surface area contributed by atoms with E-state index in [4.69, 9.17) is 35.9 Å². The molecular formula is C21H27ClFN4O8P. The van der Waals surface area contributed by atoms with Crippen LogP contribution in [0.1, 0.15) is 27.0 Å². The van der Waals surface area contributed by atoms with E-state index in [9.17, 15) is 19.3 Å². The van der Waals surface area contributed by atoms with E-state index < -0.39 is 61.7 Å². The number of esters is 1. The summed E-state index contributed by atoms with van der Waals surface area (Å²) in [7, 11) is -4.33. The Kier molecular flexibility index (Phi) is 8.75. The first-order chi connectivity index (χ1) is 16.8. The van der Waals surface area contributed by atoms with E-state index in [0.717, 1.165) is 10.8 Å². The van der Waals surface area contributed by atoms with E-state index in [-0.39, 0.29) is 11.6 Å². The number of nitrogens with two attached hydrogens (primary N) is 1. The lowest BCUT2D eigenvalue weighted by Crippen LogP contribution is -2.41. The van der Waals surface area contributed by atoms with Crippen molar-refractivity contribution in [1.29, 1.82) is 0 Å². The summed E-state index contributed by atoms with van der Waals surface area (Å²) >= 11 is 5.89. The molecule has 1 aromatic heterocycles. The number of anilines is 1. The minimum atomic E-state index is -4.33. The SMILES string of the molecule is CC(C)OC(=O)[C@H](C)N[P@@](=O)(OC[C@H]1O[C@@H](n2ccc(N)nc2=O)[C@@](F)(Cl)[C@@H]1O)Oc1ccccc1. The zero-order valence-corrected chi connectivity index (χ0v) is 21.3. The predicted molar refractivity (Wildman–Crippen MR) is 127 cm³/mol. The van der Waals surface area contributed by atoms with Crippen LogP contribution in [0.2, 0.25) is 0 Å². The number of hydrogen-bond acceptors (Lipinski definition) is 10. The molecule has 1 aromatic carbocycles. The molecule has 3 rings (SSSR count). The number of aliphatic hydroxyl groups is 1. The normalized spacial score (nSPS) is 26.4. The maximum Gasteiger partial charge on any atom is 0.459 e. The molecule has 2 heterocycles. The van der Waals surface area contributed by atoms with Gasteiger partial charge in [0.15, 0.2) is 6.23 Å². The Morgan fingerprint density at radius 3 is 2.64 bits per heavy atom. The first kappa shape index (κ1) is 28.0. The molecule has 1 saturated heterocycles. The smallest absolute Gasteiger partial charge is 0.459 e. The fourth-order valence-corrected chi connectivity index (χ4v) is 5.02.